The molecule has 0 bridgehead atoms. The molecule has 2 aromatic rings. The highest BCUT2D eigenvalue weighted by Gasteiger charge is 2.24. The van der Waals surface area contributed by atoms with Gasteiger partial charge in [0.05, 0.1) is 16.4 Å². The Hall–Kier alpha value is -1.03. The Kier molecular flexibility index (Phi) is 4.25. The molecule has 1 aliphatic heterocycles. The lowest BCUT2D eigenvalue weighted by atomic mass is 9.93. The van der Waals surface area contributed by atoms with Gasteiger partial charge in [0.2, 0.25) is 0 Å². The number of nitrogens with zero attached hydrogens (tertiary/aromatic N) is 1. The number of hydrogen-bond donors (Lipinski definition) is 0. The Morgan fingerprint density at radius 1 is 1.38 bits per heavy atom. The van der Waals surface area contributed by atoms with Crippen LogP contribution in [0, 0.1) is 5.92 Å². The Bertz CT molecular complexity index is 683. The molecule has 3 rings (SSSR count). The van der Waals surface area contributed by atoms with Gasteiger partial charge >= 0.3 is 0 Å². The van der Waals surface area contributed by atoms with Crippen molar-refractivity contribution in [2.75, 3.05) is 18.0 Å². The van der Waals surface area contributed by atoms with Gasteiger partial charge in [0, 0.05) is 12.2 Å². The van der Waals surface area contributed by atoms with E-state index in [1.807, 2.05) is 12.1 Å². The minimum Gasteiger partial charge on any atom is -0.363 e. The highest BCUT2D eigenvalue weighted by atomic mass is 35.5. The first-order valence-electron chi connectivity index (χ1n) is 6.85. The fourth-order valence-corrected chi connectivity index (χ4v) is 4.34. The molecule has 21 heavy (non-hydrogen) atoms. The number of thiophene rings is 1. The summed E-state index contributed by atoms with van der Waals surface area (Å²) in [6, 6.07) is 9.94. The Balaban J connectivity index is 1.85. The Labute approximate surface area is 138 Å². The summed E-state index contributed by atoms with van der Waals surface area (Å²) >= 11 is 13.2. The fourth-order valence-electron chi connectivity index (χ4n) is 2.85. The molecule has 1 aliphatic rings. The third-order valence-electron chi connectivity index (χ3n) is 3.72. The molecule has 0 N–H and O–H groups in total. The Morgan fingerprint density at radius 3 is 2.86 bits per heavy atom. The number of ketones is 1. The molecule has 0 amide bonds. The highest BCUT2D eigenvalue weighted by Crippen LogP contribution is 2.33. The normalized spacial score (nSPS) is 17.7. The van der Waals surface area contributed by atoms with Crippen molar-refractivity contribution in [1.29, 1.82) is 0 Å². The predicted octanol–water partition coefficient (Wildman–Crippen LogP) is 4.94. The van der Waals surface area contributed by atoms with Crippen molar-refractivity contribution in [3.8, 4) is 0 Å². The number of fused-ring (bicyclic) bond motifs is 1. The molecule has 1 unspecified atom stereocenters. The van der Waals surface area contributed by atoms with Crippen molar-refractivity contribution in [3.05, 3.63) is 50.1 Å². The van der Waals surface area contributed by atoms with Crippen molar-refractivity contribution in [2.24, 2.45) is 5.92 Å². The number of anilines is 1. The van der Waals surface area contributed by atoms with Crippen molar-refractivity contribution in [3.63, 3.8) is 0 Å². The smallest absolute Gasteiger partial charge is 0.184 e. The van der Waals surface area contributed by atoms with E-state index >= 15 is 0 Å². The van der Waals surface area contributed by atoms with E-state index in [1.54, 1.807) is 6.07 Å². The van der Waals surface area contributed by atoms with Gasteiger partial charge in [-0.05, 0) is 30.0 Å². The van der Waals surface area contributed by atoms with Gasteiger partial charge in [-0.1, -0.05) is 48.3 Å². The van der Waals surface area contributed by atoms with Crippen LogP contribution in [0.5, 0.6) is 0 Å². The van der Waals surface area contributed by atoms with Crippen molar-refractivity contribution < 1.29 is 4.79 Å². The standard InChI is InChI=1S/C16H15Cl2NOS/c1-10-6-11-4-2-3-5-13(11)19(8-10)9-14(20)12-7-15(17)21-16(12)18/h2-5,7,10H,6,8-9H2,1H3. The molecule has 0 fully saturated rings. The number of benzene rings is 1. The van der Waals surface area contributed by atoms with Crippen LogP contribution in [0.2, 0.25) is 8.67 Å². The van der Waals surface area contributed by atoms with Crippen LogP contribution in [-0.2, 0) is 6.42 Å². The lowest BCUT2D eigenvalue weighted by Crippen LogP contribution is -2.38. The molecule has 0 saturated carbocycles. The monoisotopic (exact) mass is 339 g/mol. The second-order valence-electron chi connectivity index (χ2n) is 5.48. The zero-order valence-electron chi connectivity index (χ0n) is 11.6. The molecule has 1 aromatic carbocycles. The summed E-state index contributed by atoms with van der Waals surface area (Å²) < 4.78 is 1.03. The summed E-state index contributed by atoms with van der Waals surface area (Å²) in [5.41, 5.74) is 2.99. The molecule has 5 heteroatoms. The van der Waals surface area contributed by atoms with Crippen molar-refractivity contribution in [1.82, 2.24) is 0 Å². The summed E-state index contributed by atoms with van der Waals surface area (Å²) in [4.78, 5) is 14.6. The highest BCUT2D eigenvalue weighted by molar-refractivity contribution is 7.20. The topological polar surface area (TPSA) is 20.3 Å². The number of para-hydroxylation sites is 1. The maximum absolute atomic E-state index is 12.5. The van der Waals surface area contributed by atoms with Gasteiger partial charge < -0.3 is 4.90 Å². The molecule has 110 valence electrons. The van der Waals surface area contributed by atoms with Crippen LogP contribution in [0.1, 0.15) is 22.8 Å². The average molecular weight is 340 g/mol. The number of carbonyl (C=O) groups is 1. The number of rotatable bonds is 3. The third kappa shape index (κ3) is 3.10. The van der Waals surface area contributed by atoms with Crippen LogP contribution >= 0.6 is 34.5 Å². The zero-order chi connectivity index (χ0) is 15.0. The summed E-state index contributed by atoms with van der Waals surface area (Å²) in [5, 5.41) is 0. The molecule has 0 aliphatic carbocycles. The molecule has 0 spiro atoms. The summed E-state index contributed by atoms with van der Waals surface area (Å²) in [6.45, 7) is 3.44. The van der Waals surface area contributed by atoms with Gasteiger partial charge in [-0.15, -0.1) is 11.3 Å². The van der Waals surface area contributed by atoms with Crippen molar-refractivity contribution >= 4 is 46.0 Å². The summed E-state index contributed by atoms with van der Waals surface area (Å²) in [7, 11) is 0. The van der Waals surface area contributed by atoms with E-state index < -0.39 is 0 Å². The van der Waals surface area contributed by atoms with Crippen LogP contribution in [0.15, 0.2) is 30.3 Å². The SMILES string of the molecule is CC1Cc2ccccc2N(CC(=O)c2cc(Cl)sc2Cl)C1. The van der Waals surface area contributed by atoms with Gasteiger partial charge in [0.1, 0.15) is 4.34 Å². The van der Waals surface area contributed by atoms with E-state index in [2.05, 4.69) is 24.0 Å². The van der Waals surface area contributed by atoms with Gasteiger partial charge in [-0.25, -0.2) is 0 Å². The third-order valence-corrected chi connectivity index (χ3v) is 5.21. The minimum atomic E-state index is 0.0204. The predicted molar refractivity (Wildman–Crippen MR) is 90.2 cm³/mol. The Morgan fingerprint density at radius 2 is 2.14 bits per heavy atom. The summed E-state index contributed by atoms with van der Waals surface area (Å²) in [6.07, 6.45) is 1.06. The van der Waals surface area contributed by atoms with Gasteiger partial charge in [0.25, 0.3) is 0 Å². The molecule has 1 atom stereocenters. The van der Waals surface area contributed by atoms with E-state index in [9.17, 15) is 4.79 Å². The number of halogens is 2. The maximum Gasteiger partial charge on any atom is 0.184 e. The van der Waals surface area contributed by atoms with E-state index in [0.717, 1.165) is 18.7 Å². The molecule has 1 aromatic heterocycles. The quantitative estimate of drug-likeness (QED) is 0.738. The van der Waals surface area contributed by atoms with Gasteiger partial charge in [0.15, 0.2) is 5.78 Å². The van der Waals surface area contributed by atoms with Crippen LogP contribution in [0.25, 0.3) is 0 Å². The van der Waals surface area contributed by atoms with E-state index in [0.29, 0.717) is 26.7 Å². The fraction of sp³-hybridized carbons (Fsp3) is 0.312. The zero-order valence-corrected chi connectivity index (χ0v) is 13.9. The molecular formula is C16H15Cl2NOS. The van der Waals surface area contributed by atoms with Crippen LogP contribution < -0.4 is 4.90 Å². The molecule has 0 radical (unpaired) electrons. The summed E-state index contributed by atoms with van der Waals surface area (Å²) in [5.74, 6) is 0.557. The van der Waals surface area contributed by atoms with Gasteiger partial charge in [-0.2, -0.15) is 0 Å². The van der Waals surface area contributed by atoms with Crippen LogP contribution in [0.3, 0.4) is 0 Å². The largest absolute Gasteiger partial charge is 0.363 e. The molecule has 0 saturated heterocycles. The minimum absolute atomic E-state index is 0.0204. The van der Waals surface area contributed by atoms with E-state index in [4.69, 9.17) is 23.2 Å². The van der Waals surface area contributed by atoms with Crippen molar-refractivity contribution in [2.45, 2.75) is 13.3 Å². The maximum atomic E-state index is 12.5. The number of Topliss-reactive ketones (excluding diaryl/α,β-unsaturated/α-hetero) is 1. The number of hydrogen-bond acceptors (Lipinski definition) is 3. The molecule has 2 heterocycles. The van der Waals surface area contributed by atoms with Gasteiger partial charge in [-0.3, -0.25) is 4.79 Å². The second-order valence-corrected chi connectivity index (χ2v) is 7.77. The van der Waals surface area contributed by atoms with E-state index in [-0.39, 0.29) is 5.78 Å². The second kappa shape index (κ2) is 5.99. The van der Waals surface area contributed by atoms with Crippen LogP contribution in [0.4, 0.5) is 5.69 Å². The average Bonchev–Trinajstić information content (AvgIpc) is 2.77. The first-order valence-corrected chi connectivity index (χ1v) is 8.42. The van der Waals surface area contributed by atoms with Crippen LogP contribution in [-0.4, -0.2) is 18.9 Å². The van der Waals surface area contributed by atoms with E-state index in [1.165, 1.54) is 16.9 Å². The molecule has 2 nitrogen and oxygen atoms in total. The molecular weight excluding hydrogens is 325 g/mol. The number of carbonyl (C=O) groups excluding carboxylic acids is 1. The lowest BCUT2D eigenvalue weighted by Gasteiger charge is -2.34. The lowest BCUT2D eigenvalue weighted by molar-refractivity contribution is 0.0998. The first-order chi connectivity index (χ1) is 10.0. The first kappa shape index (κ1) is 14.9.